The first-order chi connectivity index (χ1) is 9.15. The van der Waals surface area contributed by atoms with Crippen molar-refractivity contribution >= 4 is 11.9 Å². The molecule has 1 aliphatic rings. The fraction of sp³-hybridized carbons (Fsp3) is 0.857. The molecule has 1 aliphatic heterocycles. The molecular formula is C14H26N2O3. The van der Waals surface area contributed by atoms with E-state index in [4.69, 9.17) is 4.74 Å². The zero-order valence-corrected chi connectivity index (χ0v) is 12.1. The van der Waals surface area contributed by atoms with Crippen molar-refractivity contribution in [3.05, 3.63) is 0 Å². The molecule has 110 valence electrons. The number of ether oxygens (including phenoxy) is 1. The van der Waals surface area contributed by atoms with Gasteiger partial charge in [-0.25, -0.2) is 0 Å². The minimum absolute atomic E-state index is 0.124. The number of nitrogens with one attached hydrogen (secondary N) is 1. The van der Waals surface area contributed by atoms with Crippen molar-refractivity contribution < 1.29 is 14.3 Å². The first-order valence-corrected chi connectivity index (χ1v) is 7.33. The monoisotopic (exact) mass is 270 g/mol. The summed E-state index contributed by atoms with van der Waals surface area (Å²) in [5.41, 5.74) is 0. The van der Waals surface area contributed by atoms with E-state index in [1.807, 2.05) is 13.8 Å². The summed E-state index contributed by atoms with van der Waals surface area (Å²) in [7, 11) is 0. The minimum Gasteiger partial charge on any atom is -0.466 e. The van der Waals surface area contributed by atoms with Crippen LogP contribution in [0.5, 0.6) is 0 Å². The van der Waals surface area contributed by atoms with Gasteiger partial charge in [0.2, 0.25) is 5.91 Å². The van der Waals surface area contributed by atoms with Gasteiger partial charge in [0.1, 0.15) is 0 Å². The van der Waals surface area contributed by atoms with E-state index in [1.165, 1.54) is 0 Å². The number of esters is 1. The highest BCUT2D eigenvalue weighted by Crippen LogP contribution is 2.11. The van der Waals surface area contributed by atoms with Crippen LogP contribution in [0.25, 0.3) is 0 Å². The number of likely N-dealkylation sites (tertiary alicyclic amines) is 1. The van der Waals surface area contributed by atoms with E-state index in [2.05, 4.69) is 10.2 Å². The van der Waals surface area contributed by atoms with Crippen LogP contribution in [0.2, 0.25) is 0 Å². The van der Waals surface area contributed by atoms with Crippen LogP contribution in [0.15, 0.2) is 0 Å². The highest BCUT2D eigenvalue weighted by molar-refractivity contribution is 5.76. The van der Waals surface area contributed by atoms with E-state index >= 15 is 0 Å². The molecule has 0 aromatic rings. The Morgan fingerprint density at radius 2 is 1.89 bits per heavy atom. The van der Waals surface area contributed by atoms with Gasteiger partial charge in [-0.1, -0.05) is 6.92 Å². The summed E-state index contributed by atoms with van der Waals surface area (Å²) in [6, 6.07) is 0.304. The standard InChI is InChI=1S/C14H26N2O3/c1-3-5-13(17)15-12-6-9-16(10-7-12)11-8-14(18)19-4-2/h12H,3-11H2,1-2H3,(H,15,17). The average Bonchev–Trinajstić information content (AvgIpc) is 2.38. The molecule has 0 atom stereocenters. The largest absolute Gasteiger partial charge is 0.466 e. The molecule has 0 bridgehead atoms. The number of amides is 1. The quantitative estimate of drug-likeness (QED) is 0.709. The summed E-state index contributed by atoms with van der Waals surface area (Å²) in [5.74, 6) is 0.0355. The lowest BCUT2D eigenvalue weighted by atomic mass is 10.0. The Balaban J connectivity index is 2.14. The molecule has 1 N–H and O–H groups in total. The highest BCUT2D eigenvalue weighted by atomic mass is 16.5. The van der Waals surface area contributed by atoms with E-state index in [0.717, 1.165) is 38.9 Å². The predicted molar refractivity (Wildman–Crippen MR) is 73.8 cm³/mol. The molecule has 1 rings (SSSR count). The molecule has 1 fully saturated rings. The Morgan fingerprint density at radius 3 is 2.47 bits per heavy atom. The molecule has 1 amide bonds. The molecule has 19 heavy (non-hydrogen) atoms. The third-order valence-corrected chi connectivity index (χ3v) is 3.37. The van der Waals surface area contributed by atoms with Gasteiger partial charge in [-0.3, -0.25) is 9.59 Å². The normalized spacial score (nSPS) is 17.2. The Bertz CT molecular complexity index is 286. The van der Waals surface area contributed by atoms with Gasteiger partial charge in [0.25, 0.3) is 0 Å². The molecule has 0 saturated carbocycles. The fourth-order valence-electron chi connectivity index (χ4n) is 2.31. The first-order valence-electron chi connectivity index (χ1n) is 7.33. The van der Waals surface area contributed by atoms with Crippen LogP contribution in [0.3, 0.4) is 0 Å². The number of nitrogens with zero attached hydrogens (tertiary/aromatic N) is 1. The Labute approximate surface area is 115 Å². The lowest BCUT2D eigenvalue weighted by Gasteiger charge is -2.32. The van der Waals surface area contributed by atoms with Gasteiger partial charge < -0.3 is 15.0 Å². The summed E-state index contributed by atoms with van der Waals surface area (Å²) in [6.45, 7) is 6.92. The Morgan fingerprint density at radius 1 is 1.21 bits per heavy atom. The summed E-state index contributed by atoms with van der Waals surface area (Å²) < 4.78 is 4.91. The van der Waals surface area contributed by atoms with Crippen LogP contribution < -0.4 is 5.32 Å². The van der Waals surface area contributed by atoms with Crippen LogP contribution in [-0.2, 0) is 14.3 Å². The van der Waals surface area contributed by atoms with Crippen LogP contribution in [-0.4, -0.2) is 49.1 Å². The third kappa shape index (κ3) is 6.57. The molecule has 0 radical (unpaired) electrons. The Hall–Kier alpha value is -1.10. The Kier molecular flexibility index (Phi) is 7.48. The van der Waals surface area contributed by atoms with E-state index in [-0.39, 0.29) is 11.9 Å². The van der Waals surface area contributed by atoms with Gasteiger partial charge >= 0.3 is 5.97 Å². The zero-order chi connectivity index (χ0) is 14.1. The first kappa shape index (κ1) is 16.0. The van der Waals surface area contributed by atoms with Gasteiger partial charge in [0.15, 0.2) is 0 Å². The number of carbonyl (C=O) groups is 2. The summed E-state index contributed by atoms with van der Waals surface area (Å²) in [5, 5.41) is 3.07. The second kappa shape index (κ2) is 8.91. The van der Waals surface area contributed by atoms with Crippen molar-refractivity contribution in [2.75, 3.05) is 26.2 Å². The van der Waals surface area contributed by atoms with Crippen molar-refractivity contribution in [3.8, 4) is 0 Å². The van der Waals surface area contributed by atoms with E-state index in [9.17, 15) is 9.59 Å². The number of hydrogen-bond acceptors (Lipinski definition) is 4. The molecule has 1 saturated heterocycles. The maximum absolute atomic E-state index is 11.5. The van der Waals surface area contributed by atoms with E-state index in [0.29, 0.717) is 25.5 Å². The average molecular weight is 270 g/mol. The van der Waals surface area contributed by atoms with Gasteiger partial charge in [0.05, 0.1) is 13.0 Å². The molecule has 1 heterocycles. The summed E-state index contributed by atoms with van der Waals surface area (Å²) in [4.78, 5) is 25.0. The van der Waals surface area contributed by atoms with Gasteiger partial charge in [-0.05, 0) is 26.2 Å². The van der Waals surface area contributed by atoms with Crippen molar-refractivity contribution in [1.29, 1.82) is 0 Å². The van der Waals surface area contributed by atoms with Crippen LogP contribution in [0, 0.1) is 0 Å². The minimum atomic E-state index is -0.124. The summed E-state index contributed by atoms with van der Waals surface area (Å²) in [6.07, 6.45) is 3.91. The van der Waals surface area contributed by atoms with Gasteiger partial charge in [-0.2, -0.15) is 0 Å². The maximum atomic E-state index is 11.5. The molecule has 0 unspecified atom stereocenters. The van der Waals surface area contributed by atoms with Crippen LogP contribution >= 0.6 is 0 Å². The van der Waals surface area contributed by atoms with E-state index in [1.54, 1.807) is 0 Å². The summed E-state index contributed by atoms with van der Waals surface area (Å²) >= 11 is 0. The molecule has 0 aromatic carbocycles. The zero-order valence-electron chi connectivity index (χ0n) is 12.1. The molecule has 0 aromatic heterocycles. The number of piperidine rings is 1. The fourth-order valence-corrected chi connectivity index (χ4v) is 2.31. The van der Waals surface area contributed by atoms with Crippen molar-refractivity contribution in [2.45, 2.75) is 52.0 Å². The topological polar surface area (TPSA) is 58.6 Å². The van der Waals surface area contributed by atoms with Crippen molar-refractivity contribution in [2.24, 2.45) is 0 Å². The maximum Gasteiger partial charge on any atom is 0.307 e. The lowest BCUT2D eigenvalue weighted by Crippen LogP contribution is -2.45. The SMILES string of the molecule is CCCC(=O)NC1CCN(CCC(=O)OCC)CC1. The van der Waals surface area contributed by atoms with Crippen molar-refractivity contribution in [3.63, 3.8) is 0 Å². The van der Waals surface area contributed by atoms with Gasteiger partial charge in [-0.15, -0.1) is 0 Å². The van der Waals surface area contributed by atoms with Gasteiger partial charge in [0, 0.05) is 32.1 Å². The second-order valence-electron chi connectivity index (χ2n) is 4.99. The van der Waals surface area contributed by atoms with Crippen LogP contribution in [0.1, 0.15) is 46.0 Å². The molecule has 5 nitrogen and oxygen atoms in total. The second-order valence-corrected chi connectivity index (χ2v) is 4.99. The molecule has 0 aliphatic carbocycles. The molecule has 0 spiro atoms. The lowest BCUT2D eigenvalue weighted by molar-refractivity contribution is -0.143. The number of carbonyl (C=O) groups excluding carboxylic acids is 2. The van der Waals surface area contributed by atoms with Crippen molar-refractivity contribution in [1.82, 2.24) is 10.2 Å². The predicted octanol–water partition coefficient (Wildman–Crippen LogP) is 1.32. The number of rotatable bonds is 7. The smallest absolute Gasteiger partial charge is 0.307 e. The molecule has 5 heteroatoms. The number of hydrogen-bond donors (Lipinski definition) is 1. The molecular weight excluding hydrogens is 244 g/mol. The van der Waals surface area contributed by atoms with E-state index < -0.39 is 0 Å². The highest BCUT2D eigenvalue weighted by Gasteiger charge is 2.20. The third-order valence-electron chi connectivity index (χ3n) is 3.37. The van der Waals surface area contributed by atoms with Crippen LogP contribution in [0.4, 0.5) is 0 Å².